The highest BCUT2D eigenvalue weighted by Crippen LogP contribution is 2.12. The number of carbonyl (C=O) groups excluding carboxylic acids is 1. The van der Waals surface area contributed by atoms with Crippen LogP contribution in [0.5, 0.6) is 0 Å². The summed E-state index contributed by atoms with van der Waals surface area (Å²) >= 11 is 1.83. The molecule has 1 aromatic heterocycles. The Bertz CT molecular complexity index is 371. The quantitative estimate of drug-likeness (QED) is 0.710. The Kier molecular flexibility index (Phi) is 7.25. The van der Waals surface area contributed by atoms with E-state index in [2.05, 4.69) is 21.9 Å². The van der Waals surface area contributed by atoms with E-state index >= 15 is 0 Å². The van der Waals surface area contributed by atoms with Gasteiger partial charge in [-0.25, -0.2) is 0 Å². The van der Waals surface area contributed by atoms with Crippen molar-refractivity contribution in [3.63, 3.8) is 0 Å². The maximum Gasteiger partial charge on any atom is 0.253 e. The lowest BCUT2D eigenvalue weighted by Crippen LogP contribution is -2.25. The van der Waals surface area contributed by atoms with Gasteiger partial charge in [0.25, 0.3) is 5.91 Å². The van der Waals surface area contributed by atoms with Gasteiger partial charge in [-0.3, -0.25) is 9.78 Å². The maximum absolute atomic E-state index is 12.0. The van der Waals surface area contributed by atoms with E-state index in [1.807, 2.05) is 18.7 Å². The van der Waals surface area contributed by atoms with Crippen molar-refractivity contribution in [3.05, 3.63) is 24.0 Å². The summed E-state index contributed by atoms with van der Waals surface area (Å²) < 4.78 is 0. The van der Waals surface area contributed by atoms with Crippen LogP contribution in [0.25, 0.3) is 0 Å². The van der Waals surface area contributed by atoms with Crippen LogP contribution in [-0.2, 0) is 0 Å². The van der Waals surface area contributed by atoms with Crippen molar-refractivity contribution in [1.82, 2.24) is 10.3 Å². The van der Waals surface area contributed by atoms with Crippen LogP contribution in [0.3, 0.4) is 0 Å². The molecule has 0 unspecified atom stereocenters. The summed E-state index contributed by atoms with van der Waals surface area (Å²) in [5.74, 6) is 1.12. The molecule has 0 aliphatic carbocycles. The predicted molar refractivity (Wildman–Crippen MR) is 78.3 cm³/mol. The number of amides is 1. The highest BCUT2D eigenvalue weighted by atomic mass is 32.2. The zero-order valence-corrected chi connectivity index (χ0v) is 11.8. The smallest absolute Gasteiger partial charge is 0.253 e. The molecule has 0 aliphatic rings. The Morgan fingerprint density at radius 1 is 1.44 bits per heavy atom. The lowest BCUT2D eigenvalue weighted by atomic mass is 10.2. The molecular formula is C13H21N3OS. The first-order chi connectivity index (χ1) is 8.79. The lowest BCUT2D eigenvalue weighted by Gasteiger charge is -2.10. The fraction of sp³-hybridized carbons (Fsp3) is 0.538. The number of carbonyl (C=O) groups is 1. The second-order valence-corrected chi connectivity index (χ2v) is 4.89. The van der Waals surface area contributed by atoms with Crippen molar-refractivity contribution < 1.29 is 4.79 Å². The van der Waals surface area contributed by atoms with Gasteiger partial charge in [0.2, 0.25) is 0 Å². The number of hydrogen-bond acceptors (Lipinski definition) is 4. The number of nitrogens with one attached hydrogen (secondary N) is 2. The topological polar surface area (TPSA) is 54.0 Å². The van der Waals surface area contributed by atoms with E-state index in [1.54, 1.807) is 18.5 Å². The molecule has 0 spiro atoms. The number of rotatable bonds is 8. The van der Waals surface area contributed by atoms with E-state index in [-0.39, 0.29) is 5.91 Å². The number of pyridine rings is 1. The highest BCUT2D eigenvalue weighted by molar-refractivity contribution is 7.98. The summed E-state index contributed by atoms with van der Waals surface area (Å²) in [5.41, 5.74) is 1.46. The molecular weight excluding hydrogens is 246 g/mol. The van der Waals surface area contributed by atoms with E-state index in [4.69, 9.17) is 0 Å². The Morgan fingerprint density at radius 3 is 3.00 bits per heavy atom. The molecule has 2 N–H and O–H groups in total. The van der Waals surface area contributed by atoms with Crippen LogP contribution >= 0.6 is 11.8 Å². The summed E-state index contributed by atoms with van der Waals surface area (Å²) in [6, 6.07) is 1.75. The van der Waals surface area contributed by atoms with Gasteiger partial charge in [-0.15, -0.1) is 0 Å². The molecule has 0 saturated carbocycles. The van der Waals surface area contributed by atoms with Crippen molar-refractivity contribution >= 4 is 23.4 Å². The number of thioether (sulfide) groups is 1. The van der Waals surface area contributed by atoms with Gasteiger partial charge in [-0.1, -0.05) is 0 Å². The maximum atomic E-state index is 12.0. The van der Waals surface area contributed by atoms with Crippen LogP contribution < -0.4 is 10.6 Å². The standard InChI is InChI=1S/C13H21N3OS/c1-3-15-12-10-14-8-6-11(12)13(17)16-7-4-5-9-18-2/h6,8,10,15H,3-5,7,9H2,1-2H3,(H,16,17). The Balaban J connectivity index is 2.45. The van der Waals surface area contributed by atoms with Crippen molar-refractivity contribution in [2.24, 2.45) is 0 Å². The fourth-order valence-electron chi connectivity index (χ4n) is 1.59. The SMILES string of the molecule is CCNc1cnccc1C(=O)NCCCCSC. The Hall–Kier alpha value is -1.23. The third kappa shape index (κ3) is 4.96. The molecule has 0 saturated heterocycles. The summed E-state index contributed by atoms with van der Waals surface area (Å²) in [7, 11) is 0. The van der Waals surface area contributed by atoms with Gasteiger partial charge in [-0.05, 0) is 37.8 Å². The molecule has 1 rings (SSSR count). The second kappa shape index (κ2) is 8.80. The monoisotopic (exact) mass is 267 g/mol. The van der Waals surface area contributed by atoms with Crippen LogP contribution in [0, 0.1) is 0 Å². The van der Waals surface area contributed by atoms with Gasteiger partial charge >= 0.3 is 0 Å². The van der Waals surface area contributed by atoms with Crippen molar-refractivity contribution in [3.8, 4) is 0 Å². The minimum Gasteiger partial charge on any atom is -0.383 e. The molecule has 0 radical (unpaired) electrons. The van der Waals surface area contributed by atoms with Crippen molar-refractivity contribution in [1.29, 1.82) is 0 Å². The number of anilines is 1. The molecule has 0 fully saturated rings. The molecule has 0 aliphatic heterocycles. The van der Waals surface area contributed by atoms with E-state index in [0.717, 1.165) is 37.4 Å². The van der Waals surface area contributed by atoms with Gasteiger partial charge in [0.05, 0.1) is 17.4 Å². The highest BCUT2D eigenvalue weighted by Gasteiger charge is 2.09. The van der Waals surface area contributed by atoms with Crippen LogP contribution in [-0.4, -0.2) is 36.0 Å². The number of unbranched alkanes of at least 4 members (excludes halogenated alkanes) is 1. The zero-order chi connectivity index (χ0) is 13.2. The molecule has 5 heteroatoms. The van der Waals surface area contributed by atoms with Gasteiger partial charge in [0.15, 0.2) is 0 Å². The third-order valence-electron chi connectivity index (χ3n) is 2.49. The average Bonchev–Trinajstić information content (AvgIpc) is 2.39. The largest absolute Gasteiger partial charge is 0.383 e. The zero-order valence-electron chi connectivity index (χ0n) is 11.0. The van der Waals surface area contributed by atoms with Gasteiger partial charge in [0, 0.05) is 19.3 Å². The normalized spacial score (nSPS) is 10.1. The third-order valence-corrected chi connectivity index (χ3v) is 3.19. The fourth-order valence-corrected chi connectivity index (χ4v) is 2.09. The Labute approximate surface area is 113 Å². The minimum atomic E-state index is -0.0301. The summed E-state index contributed by atoms with van der Waals surface area (Å²) in [5, 5.41) is 6.08. The van der Waals surface area contributed by atoms with Crippen LogP contribution in [0.2, 0.25) is 0 Å². The molecule has 0 bridgehead atoms. The first-order valence-electron chi connectivity index (χ1n) is 6.24. The molecule has 1 aromatic rings. The van der Waals surface area contributed by atoms with Crippen molar-refractivity contribution in [2.75, 3.05) is 30.4 Å². The lowest BCUT2D eigenvalue weighted by molar-refractivity contribution is 0.0954. The molecule has 18 heavy (non-hydrogen) atoms. The van der Waals surface area contributed by atoms with Crippen LogP contribution in [0.1, 0.15) is 30.1 Å². The molecule has 4 nitrogen and oxygen atoms in total. The first-order valence-corrected chi connectivity index (χ1v) is 7.64. The van der Waals surface area contributed by atoms with E-state index < -0.39 is 0 Å². The number of aromatic nitrogens is 1. The molecule has 100 valence electrons. The Morgan fingerprint density at radius 2 is 2.28 bits per heavy atom. The second-order valence-electron chi connectivity index (χ2n) is 3.91. The first kappa shape index (κ1) is 14.8. The average molecular weight is 267 g/mol. The minimum absolute atomic E-state index is 0.0301. The van der Waals surface area contributed by atoms with E-state index in [9.17, 15) is 4.79 Å². The molecule has 1 amide bonds. The van der Waals surface area contributed by atoms with Crippen molar-refractivity contribution in [2.45, 2.75) is 19.8 Å². The van der Waals surface area contributed by atoms with Crippen LogP contribution in [0.15, 0.2) is 18.5 Å². The molecule has 1 heterocycles. The van der Waals surface area contributed by atoms with E-state index in [1.165, 1.54) is 0 Å². The molecule has 0 atom stereocenters. The molecule has 0 aromatic carbocycles. The predicted octanol–water partition coefficient (Wildman–Crippen LogP) is 2.39. The van der Waals surface area contributed by atoms with E-state index in [0.29, 0.717) is 5.56 Å². The van der Waals surface area contributed by atoms with Gasteiger partial charge in [-0.2, -0.15) is 11.8 Å². The number of hydrogen-bond donors (Lipinski definition) is 2. The van der Waals surface area contributed by atoms with Gasteiger partial charge < -0.3 is 10.6 Å². The summed E-state index contributed by atoms with van der Waals surface area (Å²) in [6.45, 7) is 3.50. The van der Waals surface area contributed by atoms with Gasteiger partial charge in [0.1, 0.15) is 0 Å². The number of nitrogens with zero attached hydrogens (tertiary/aromatic N) is 1. The van der Waals surface area contributed by atoms with Crippen LogP contribution in [0.4, 0.5) is 5.69 Å². The summed E-state index contributed by atoms with van der Waals surface area (Å²) in [4.78, 5) is 16.0. The summed E-state index contributed by atoms with van der Waals surface area (Å²) in [6.07, 6.45) is 7.58.